The van der Waals surface area contributed by atoms with Gasteiger partial charge in [0.25, 0.3) is 5.56 Å². The number of methoxy groups -OCH3 is 3. The van der Waals surface area contributed by atoms with E-state index in [4.69, 9.17) is 25.8 Å². The number of anilines is 1. The van der Waals surface area contributed by atoms with E-state index in [1.807, 2.05) is 24.3 Å². The van der Waals surface area contributed by atoms with Crippen LogP contribution in [0.2, 0.25) is 5.02 Å². The van der Waals surface area contributed by atoms with Gasteiger partial charge in [0.15, 0.2) is 11.5 Å². The largest absolute Gasteiger partial charge is 0.497 e. The van der Waals surface area contributed by atoms with Crippen molar-refractivity contribution < 1.29 is 19.0 Å². The molecule has 192 valence electrons. The molecule has 8 nitrogen and oxygen atoms in total. The van der Waals surface area contributed by atoms with E-state index in [2.05, 4.69) is 10.3 Å². The number of amides is 2. The Kier molecular flexibility index (Phi) is 8.20. The van der Waals surface area contributed by atoms with Gasteiger partial charge in [-0.3, -0.25) is 4.79 Å². The van der Waals surface area contributed by atoms with Crippen molar-refractivity contribution in [2.24, 2.45) is 0 Å². The minimum Gasteiger partial charge on any atom is -0.497 e. The molecule has 3 aromatic carbocycles. The van der Waals surface area contributed by atoms with Crippen LogP contribution in [0.4, 0.5) is 10.5 Å². The van der Waals surface area contributed by atoms with Gasteiger partial charge in [-0.25, -0.2) is 4.79 Å². The number of rotatable bonds is 9. The molecule has 0 saturated carbocycles. The zero-order valence-corrected chi connectivity index (χ0v) is 21.6. The minimum atomic E-state index is -0.376. The van der Waals surface area contributed by atoms with E-state index in [0.717, 1.165) is 10.9 Å². The maximum atomic E-state index is 13.4. The van der Waals surface area contributed by atoms with Crippen molar-refractivity contribution >= 4 is 34.2 Å². The number of urea groups is 1. The lowest BCUT2D eigenvalue weighted by Gasteiger charge is -2.24. The second-order valence-electron chi connectivity index (χ2n) is 8.35. The molecule has 1 heterocycles. The van der Waals surface area contributed by atoms with Crippen LogP contribution in [-0.2, 0) is 13.0 Å². The van der Waals surface area contributed by atoms with Crippen LogP contribution in [0.5, 0.6) is 17.2 Å². The van der Waals surface area contributed by atoms with Crippen LogP contribution in [0.1, 0.15) is 11.1 Å². The summed E-state index contributed by atoms with van der Waals surface area (Å²) in [5.74, 6) is 1.90. The lowest BCUT2D eigenvalue weighted by molar-refractivity contribution is 0.209. The maximum Gasteiger partial charge on any atom is 0.322 e. The van der Waals surface area contributed by atoms with Gasteiger partial charge >= 0.3 is 6.03 Å². The standard InChI is InChI=1S/C28H28ClN3O5/c1-35-21-9-10-23-19(16-21)15-20(27(33)30-23)17-32(28(34)31-24-7-5-4-6-22(24)29)13-12-18-8-11-25(36-2)26(14-18)37-3/h4-11,14-16H,12-13,17H2,1-3H3,(H,30,33)(H,31,34). The topological polar surface area (TPSA) is 92.9 Å². The molecule has 0 spiro atoms. The van der Waals surface area contributed by atoms with E-state index in [0.29, 0.717) is 52.0 Å². The van der Waals surface area contributed by atoms with Crippen molar-refractivity contribution in [1.29, 1.82) is 0 Å². The Morgan fingerprint density at radius 2 is 1.73 bits per heavy atom. The number of aromatic amines is 1. The monoisotopic (exact) mass is 521 g/mol. The molecule has 0 fully saturated rings. The van der Waals surface area contributed by atoms with Crippen molar-refractivity contribution in [1.82, 2.24) is 9.88 Å². The summed E-state index contributed by atoms with van der Waals surface area (Å²) in [6, 6.07) is 19.4. The number of para-hydroxylation sites is 1. The van der Waals surface area contributed by atoms with Gasteiger partial charge in [-0.2, -0.15) is 0 Å². The number of aromatic nitrogens is 1. The summed E-state index contributed by atoms with van der Waals surface area (Å²) in [5.41, 5.74) is 2.31. The molecule has 0 saturated heterocycles. The van der Waals surface area contributed by atoms with Gasteiger partial charge in [-0.1, -0.05) is 29.8 Å². The van der Waals surface area contributed by atoms with Gasteiger partial charge < -0.3 is 29.4 Å². The lowest BCUT2D eigenvalue weighted by Crippen LogP contribution is -2.37. The summed E-state index contributed by atoms with van der Waals surface area (Å²) in [6.45, 7) is 0.424. The number of fused-ring (bicyclic) bond motifs is 1. The smallest absolute Gasteiger partial charge is 0.322 e. The summed E-state index contributed by atoms with van der Waals surface area (Å²) in [7, 11) is 4.74. The van der Waals surface area contributed by atoms with Crippen molar-refractivity contribution in [2.45, 2.75) is 13.0 Å². The first kappa shape index (κ1) is 25.9. The minimum absolute atomic E-state index is 0.0893. The molecule has 4 aromatic rings. The third kappa shape index (κ3) is 6.16. The van der Waals surface area contributed by atoms with E-state index < -0.39 is 0 Å². The Labute approximate surface area is 219 Å². The van der Waals surface area contributed by atoms with Gasteiger partial charge in [-0.15, -0.1) is 0 Å². The fourth-order valence-corrected chi connectivity index (χ4v) is 4.17. The Hall–Kier alpha value is -4.17. The summed E-state index contributed by atoms with van der Waals surface area (Å²) in [6.07, 6.45) is 0.523. The second-order valence-corrected chi connectivity index (χ2v) is 8.75. The third-order valence-electron chi connectivity index (χ3n) is 6.01. The summed E-state index contributed by atoms with van der Waals surface area (Å²) < 4.78 is 16.0. The zero-order valence-electron chi connectivity index (χ0n) is 20.8. The molecule has 1 aromatic heterocycles. The van der Waals surface area contributed by atoms with Gasteiger partial charge in [0.2, 0.25) is 0 Å². The number of ether oxygens (including phenoxy) is 3. The number of halogens is 1. The molecule has 0 bridgehead atoms. The highest BCUT2D eigenvalue weighted by Gasteiger charge is 2.18. The van der Waals surface area contributed by atoms with Crippen molar-refractivity contribution in [3.8, 4) is 17.2 Å². The SMILES string of the molecule is COc1ccc2[nH]c(=O)c(CN(CCc3ccc(OC)c(OC)c3)C(=O)Nc3ccccc3Cl)cc2c1. The summed E-state index contributed by atoms with van der Waals surface area (Å²) in [4.78, 5) is 30.7. The quantitative estimate of drug-likeness (QED) is 0.304. The molecule has 0 aliphatic rings. The zero-order chi connectivity index (χ0) is 26.4. The molecule has 2 amide bonds. The number of nitrogens with one attached hydrogen (secondary N) is 2. The molecule has 37 heavy (non-hydrogen) atoms. The van der Waals surface area contributed by atoms with Crippen molar-refractivity contribution in [3.63, 3.8) is 0 Å². The number of benzene rings is 3. The van der Waals surface area contributed by atoms with Crippen molar-refractivity contribution in [3.05, 3.63) is 93.2 Å². The average Bonchev–Trinajstić information content (AvgIpc) is 2.91. The van der Waals surface area contributed by atoms with Crippen LogP contribution < -0.4 is 25.1 Å². The van der Waals surface area contributed by atoms with E-state index >= 15 is 0 Å². The Balaban J connectivity index is 1.62. The Morgan fingerprint density at radius 3 is 2.46 bits per heavy atom. The van der Waals surface area contributed by atoms with Gasteiger partial charge in [-0.05, 0) is 60.5 Å². The van der Waals surface area contributed by atoms with Gasteiger partial charge in [0.1, 0.15) is 5.75 Å². The fraction of sp³-hybridized carbons (Fsp3) is 0.214. The molecule has 0 atom stereocenters. The van der Waals surface area contributed by atoms with Crippen LogP contribution in [0.3, 0.4) is 0 Å². The summed E-state index contributed by atoms with van der Waals surface area (Å²) >= 11 is 6.26. The second kappa shape index (κ2) is 11.7. The number of carbonyl (C=O) groups is 1. The predicted octanol–water partition coefficient (Wildman–Crippen LogP) is 5.48. The van der Waals surface area contributed by atoms with E-state index in [1.165, 1.54) is 0 Å². The van der Waals surface area contributed by atoms with Gasteiger partial charge in [0, 0.05) is 23.0 Å². The molecular formula is C28H28ClN3O5. The number of H-pyrrole nitrogens is 1. The van der Waals surface area contributed by atoms with E-state index in [9.17, 15) is 9.59 Å². The number of carbonyl (C=O) groups excluding carboxylic acids is 1. The molecule has 4 rings (SSSR count). The number of hydrogen-bond acceptors (Lipinski definition) is 5. The van der Waals surface area contributed by atoms with Crippen molar-refractivity contribution in [2.75, 3.05) is 33.2 Å². The molecule has 0 radical (unpaired) electrons. The highest BCUT2D eigenvalue weighted by atomic mass is 35.5. The van der Waals surface area contributed by atoms with Crippen LogP contribution in [-0.4, -0.2) is 43.8 Å². The van der Waals surface area contributed by atoms with Crippen LogP contribution >= 0.6 is 11.6 Å². The molecular weight excluding hydrogens is 494 g/mol. The first-order valence-corrected chi connectivity index (χ1v) is 12.0. The molecule has 2 N–H and O–H groups in total. The molecule has 0 aliphatic carbocycles. The fourth-order valence-electron chi connectivity index (χ4n) is 3.99. The van der Waals surface area contributed by atoms with Crippen LogP contribution in [0.15, 0.2) is 71.5 Å². The highest BCUT2D eigenvalue weighted by molar-refractivity contribution is 6.33. The predicted molar refractivity (Wildman–Crippen MR) is 145 cm³/mol. The molecule has 9 heteroatoms. The summed E-state index contributed by atoms with van der Waals surface area (Å²) in [5, 5.41) is 4.09. The average molecular weight is 522 g/mol. The van der Waals surface area contributed by atoms with E-state index in [-0.39, 0.29) is 18.1 Å². The highest BCUT2D eigenvalue weighted by Crippen LogP contribution is 2.28. The lowest BCUT2D eigenvalue weighted by atomic mass is 10.1. The maximum absolute atomic E-state index is 13.4. The number of nitrogens with zero attached hydrogens (tertiary/aromatic N) is 1. The molecule has 0 unspecified atom stereocenters. The number of hydrogen-bond donors (Lipinski definition) is 2. The van der Waals surface area contributed by atoms with Gasteiger partial charge in [0.05, 0.1) is 38.6 Å². The Bertz CT molecular complexity index is 1470. The van der Waals surface area contributed by atoms with Crippen LogP contribution in [0, 0.1) is 0 Å². The first-order valence-electron chi connectivity index (χ1n) is 11.6. The first-order chi connectivity index (χ1) is 17.9. The van der Waals surface area contributed by atoms with E-state index in [1.54, 1.807) is 68.7 Å². The normalized spacial score (nSPS) is 10.7. The van der Waals surface area contributed by atoms with Crippen LogP contribution in [0.25, 0.3) is 10.9 Å². The Morgan fingerprint density at radius 1 is 0.946 bits per heavy atom. The molecule has 0 aliphatic heterocycles. The number of pyridine rings is 1. The third-order valence-corrected chi connectivity index (χ3v) is 6.34.